The Morgan fingerprint density at radius 3 is 2.32 bits per heavy atom. The number of benzene rings is 1. The van der Waals surface area contributed by atoms with Crippen LogP contribution in [0.1, 0.15) is 52.0 Å². The summed E-state index contributed by atoms with van der Waals surface area (Å²) >= 11 is 1.53. The van der Waals surface area contributed by atoms with Crippen molar-refractivity contribution >= 4 is 23.6 Å². The highest BCUT2D eigenvalue weighted by atomic mass is 32.2. The lowest BCUT2D eigenvalue weighted by molar-refractivity contribution is -0.132. The van der Waals surface area contributed by atoms with Gasteiger partial charge in [0.1, 0.15) is 0 Å². The zero-order valence-electron chi connectivity index (χ0n) is 15.6. The Morgan fingerprint density at radius 1 is 1.08 bits per heavy atom. The molecule has 1 aromatic carbocycles. The molecule has 0 radical (unpaired) electrons. The number of piperidine rings is 1. The van der Waals surface area contributed by atoms with Crippen LogP contribution in [0.3, 0.4) is 0 Å². The fourth-order valence-corrected chi connectivity index (χ4v) is 3.59. The Bertz CT molecular complexity index is 572. The number of nitrogens with one attached hydrogen (secondary N) is 1. The quantitative estimate of drug-likeness (QED) is 0.787. The SMILES string of the molecule is CC(C)(C)c1ccc(SCC(=O)NCCC(=O)N2CCCCC2)cc1. The minimum absolute atomic E-state index is 0.0173. The van der Waals surface area contributed by atoms with E-state index in [-0.39, 0.29) is 17.2 Å². The molecule has 0 aromatic heterocycles. The topological polar surface area (TPSA) is 49.4 Å². The van der Waals surface area contributed by atoms with Crippen molar-refractivity contribution in [2.24, 2.45) is 0 Å². The number of nitrogens with zero attached hydrogens (tertiary/aromatic N) is 1. The number of rotatable bonds is 6. The summed E-state index contributed by atoms with van der Waals surface area (Å²) in [6.07, 6.45) is 3.82. The fraction of sp³-hybridized carbons (Fsp3) is 0.600. The highest BCUT2D eigenvalue weighted by Gasteiger charge is 2.16. The second kappa shape index (κ2) is 9.27. The Labute approximate surface area is 155 Å². The van der Waals surface area contributed by atoms with Crippen LogP contribution in [0, 0.1) is 0 Å². The van der Waals surface area contributed by atoms with Crippen LogP contribution in [0.25, 0.3) is 0 Å². The monoisotopic (exact) mass is 362 g/mol. The first-order valence-corrected chi connectivity index (χ1v) is 10.1. The lowest BCUT2D eigenvalue weighted by Crippen LogP contribution is -2.38. The van der Waals surface area contributed by atoms with E-state index in [4.69, 9.17) is 0 Å². The minimum Gasteiger partial charge on any atom is -0.355 e. The Kier molecular flexibility index (Phi) is 7.36. The van der Waals surface area contributed by atoms with Crippen LogP contribution in [0.15, 0.2) is 29.2 Å². The van der Waals surface area contributed by atoms with Gasteiger partial charge in [-0.25, -0.2) is 0 Å². The van der Waals surface area contributed by atoms with Crippen LogP contribution < -0.4 is 5.32 Å². The van der Waals surface area contributed by atoms with E-state index in [9.17, 15) is 9.59 Å². The maximum Gasteiger partial charge on any atom is 0.230 e. The normalized spacial score (nSPS) is 15.1. The molecular formula is C20H30N2O2S. The number of hydrogen-bond acceptors (Lipinski definition) is 3. The van der Waals surface area contributed by atoms with E-state index >= 15 is 0 Å². The first kappa shape index (κ1) is 19.8. The summed E-state index contributed by atoms with van der Waals surface area (Å²) in [7, 11) is 0. The predicted molar refractivity (Wildman–Crippen MR) is 104 cm³/mol. The van der Waals surface area contributed by atoms with E-state index in [2.05, 4.69) is 50.4 Å². The van der Waals surface area contributed by atoms with Crippen molar-refractivity contribution in [3.63, 3.8) is 0 Å². The molecule has 0 bridgehead atoms. The van der Waals surface area contributed by atoms with Gasteiger partial charge in [-0.05, 0) is 42.4 Å². The van der Waals surface area contributed by atoms with Gasteiger partial charge < -0.3 is 10.2 Å². The summed E-state index contributed by atoms with van der Waals surface area (Å²) in [5, 5.41) is 2.85. The number of carbonyl (C=O) groups is 2. The lowest BCUT2D eigenvalue weighted by atomic mass is 9.87. The second-order valence-corrected chi connectivity index (χ2v) is 8.65. The molecular weight excluding hydrogens is 332 g/mol. The summed E-state index contributed by atoms with van der Waals surface area (Å²) in [4.78, 5) is 27.0. The number of likely N-dealkylation sites (tertiary alicyclic amines) is 1. The van der Waals surface area contributed by atoms with Crippen LogP contribution >= 0.6 is 11.8 Å². The molecule has 2 rings (SSSR count). The maximum absolute atomic E-state index is 12.0. The third-order valence-electron chi connectivity index (χ3n) is 4.46. The molecule has 1 aliphatic rings. The molecule has 0 spiro atoms. The molecule has 25 heavy (non-hydrogen) atoms. The van der Waals surface area contributed by atoms with Crippen molar-refractivity contribution in [3.05, 3.63) is 29.8 Å². The first-order chi connectivity index (χ1) is 11.9. The molecule has 4 nitrogen and oxygen atoms in total. The molecule has 2 amide bonds. The Morgan fingerprint density at radius 2 is 1.72 bits per heavy atom. The van der Waals surface area contributed by atoms with Gasteiger partial charge in [0.05, 0.1) is 5.75 Å². The summed E-state index contributed by atoms with van der Waals surface area (Å²) < 4.78 is 0. The van der Waals surface area contributed by atoms with Crippen LogP contribution in [0.5, 0.6) is 0 Å². The van der Waals surface area contributed by atoms with Gasteiger partial charge in [0.15, 0.2) is 0 Å². The van der Waals surface area contributed by atoms with Gasteiger partial charge in [0, 0.05) is 31.0 Å². The Hall–Kier alpha value is -1.49. The summed E-state index contributed by atoms with van der Waals surface area (Å²) in [5.74, 6) is 0.522. The van der Waals surface area contributed by atoms with Gasteiger partial charge >= 0.3 is 0 Å². The number of thioether (sulfide) groups is 1. The van der Waals surface area contributed by atoms with E-state index in [0.717, 1.165) is 30.8 Å². The van der Waals surface area contributed by atoms with Crippen molar-refractivity contribution in [2.45, 2.75) is 56.8 Å². The lowest BCUT2D eigenvalue weighted by Gasteiger charge is -2.26. The smallest absolute Gasteiger partial charge is 0.230 e. The fourth-order valence-electron chi connectivity index (χ4n) is 2.86. The number of carbonyl (C=O) groups excluding carboxylic acids is 2. The highest BCUT2D eigenvalue weighted by Crippen LogP contribution is 2.25. The molecule has 1 N–H and O–H groups in total. The molecule has 138 valence electrons. The third-order valence-corrected chi connectivity index (χ3v) is 5.47. The number of amides is 2. The highest BCUT2D eigenvalue weighted by molar-refractivity contribution is 8.00. The van der Waals surface area contributed by atoms with Crippen molar-refractivity contribution in [1.29, 1.82) is 0 Å². The van der Waals surface area contributed by atoms with Crippen molar-refractivity contribution in [2.75, 3.05) is 25.4 Å². The predicted octanol–water partition coefficient (Wildman–Crippen LogP) is 3.60. The zero-order valence-corrected chi connectivity index (χ0v) is 16.5. The zero-order chi connectivity index (χ0) is 18.3. The molecule has 1 saturated heterocycles. The molecule has 5 heteroatoms. The maximum atomic E-state index is 12.0. The van der Waals surface area contributed by atoms with Crippen LogP contribution in [-0.4, -0.2) is 42.1 Å². The van der Waals surface area contributed by atoms with Gasteiger partial charge in [-0.2, -0.15) is 0 Å². The second-order valence-electron chi connectivity index (χ2n) is 7.60. The van der Waals surface area contributed by atoms with Crippen molar-refractivity contribution in [1.82, 2.24) is 10.2 Å². The van der Waals surface area contributed by atoms with Crippen molar-refractivity contribution < 1.29 is 9.59 Å². The summed E-state index contributed by atoms with van der Waals surface area (Å²) in [6, 6.07) is 8.38. The van der Waals surface area contributed by atoms with Gasteiger partial charge in [-0.15, -0.1) is 11.8 Å². The largest absolute Gasteiger partial charge is 0.355 e. The van der Waals surface area contributed by atoms with E-state index in [1.165, 1.54) is 23.7 Å². The van der Waals surface area contributed by atoms with Crippen molar-refractivity contribution in [3.8, 4) is 0 Å². The van der Waals surface area contributed by atoms with Crippen LogP contribution in [0.2, 0.25) is 0 Å². The Balaban J connectivity index is 1.66. The van der Waals surface area contributed by atoms with Crippen LogP contribution in [0.4, 0.5) is 0 Å². The van der Waals surface area contributed by atoms with E-state index in [0.29, 0.717) is 18.7 Å². The molecule has 0 saturated carbocycles. The van der Waals surface area contributed by atoms with Gasteiger partial charge in [0.25, 0.3) is 0 Å². The molecule has 1 heterocycles. The molecule has 1 fully saturated rings. The third kappa shape index (κ3) is 6.73. The summed E-state index contributed by atoms with van der Waals surface area (Å²) in [6.45, 7) is 8.73. The minimum atomic E-state index is -0.0173. The number of hydrogen-bond donors (Lipinski definition) is 1. The molecule has 0 atom stereocenters. The summed E-state index contributed by atoms with van der Waals surface area (Å²) in [5.41, 5.74) is 1.43. The van der Waals surface area contributed by atoms with E-state index in [1.807, 2.05) is 4.90 Å². The average molecular weight is 363 g/mol. The molecule has 1 aromatic rings. The standard InChI is InChI=1S/C20H30N2O2S/c1-20(2,3)16-7-9-17(10-8-16)25-15-18(23)21-12-11-19(24)22-13-5-4-6-14-22/h7-10H,4-6,11-15H2,1-3H3,(H,21,23). The van der Waals surface area contributed by atoms with E-state index in [1.54, 1.807) is 0 Å². The molecule has 1 aliphatic heterocycles. The van der Waals surface area contributed by atoms with E-state index < -0.39 is 0 Å². The average Bonchev–Trinajstić information content (AvgIpc) is 2.60. The first-order valence-electron chi connectivity index (χ1n) is 9.14. The van der Waals surface area contributed by atoms with Gasteiger partial charge in [-0.3, -0.25) is 9.59 Å². The van der Waals surface area contributed by atoms with Gasteiger partial charge in [-0.1, -0.05) is 32.9 Å². The molecule has 0 aliphatic carbocycles. The van der Waals surface area contributed by atoms with Gasteiger partial charge in [0.2, 0.25) is 11.8 Å². The molecule has 0 unspecified atom stereocenters. The van der Waals surface area contributed by atoms with Crippen LogP contribution in [-0.2, 0) is 15.0 Å².